The van der Waals surface area contributed by atoms with Gasteiger partial charge in [-0.1, -0.05) is 36.7 Å². The van der Waals surface area contributed by atoms with Crippen LogP contribution in [0.15, 0.2) is 54.7 Å². The molecule has 0 spiro atoms. The van der Waals surface area contributed by atoms with Crippen LogP contribution in [0.5, 0.6) is 0 Å². The van der Waals surface area contributed by atoms with Gasteiger partial charge in [-0.15, -0.1) is 0 Å². The molecule has 0 saturated carbocycles. The van der Waals surface area contributed by atoms with Crippen molar-refractivity contribution in [1.29, 1.82) is 0 Å². The Balaban J connectivity index is 1.77. The molecule has 0 aliphatic heterocycles. The van der Waals surface area contributed by atoms with Gasteiger partial charge in [0.2, 0.25) is 23.6 Å². The third kappa shape index (κ3) is 9.68. The second kappa shape index (κ2) is 16.8. The van der Waals surface area contributed by atoms with Crippen molar-refractivity contribution >= 4 is 64.7 Å². The van der Waals surface area contributed by atoms with Crippen molar-refractivity contribution in [2.75, 3.05) is 45.0 Å². The largest absolute Gasteiger partial charge is 0.379 e. The van der Waals surface area contributed by atoms with Gasteiger partial charge in [0, 0.05) is 40.5 Å². The zero-order valence-electron chi connectivity index (χ0n) is 25.7. The fourth-order valence-corrected chi connectivity index (χ4v) is 4.91. The van der Waals surface area contributed by atoms with E-state index in [0.717, 1.165) is 15.8 Å². The standard InChI is InChI=1S/C32H39ClN6O5S/c1-5-34-12-13-38(31(43)18-37-28(40)17-35-21(3)16-36-29(41)19-45)30(42)15-25-22(4)39(27-11-6-20(2)14-26(25)27)32(44)23-7-9-24(33)10-8-23/h6-11,14,34-35,45H,3,5,12-13,15-19H2,1-2,4H3,(H,36,41)(H,37,40). The Hall–Kier alpha value is -4.13. The predicted octanol–water partition coefficient (Wildman–Crippen LogP) is 2.37. The van der Waals surface area contributed by atoms with Crippen LogP contribution in [0.3, 0.4) is 0 Å². The van der Waals surface area contributed by atoms with Gasteiger partial charge in [0.1, 0.15) is 0 Å². The lowest BCUT2D eigenvalue weighted by Gasteiger charge is -2.22. The number of carbonyl (C=O) groups excluding carboxylic acids is 5. The lowest BCUT2D eigenvalue weighted by atomic mass is 10.0. The number of imide groups is 1. The fourth-order valence-electron chi connectivity index (χ4n) is 4.67. The van der Waals surface area contributed by atoms with Crippen LogP contribution < -0.4 is 21.3 Å². The highest BCUT2D eigenvalue weighted by Gasteiger charge is 2.26. The number of halogens is 1. The second-order valence-corrected chi connectivity index (χ2v) is 11.1. The van der Waals surface area contributed by atoms with Crippen molar-refractivity contribution in [3.8, 4) is 0 Å². The molecule has 1 heterocycles. The van der Waals surface area contributed by atoms with E-state index in [1.54, 1.807) is 35.8 Å². The molecule has 0 unspecified atom stereocenters. The molecule has 1 aromatic heterocycles. The number of amides is 4. The number of fused-ring (bicyclic) bond motifs is 1. The average Bonchev–Trinajstić information content (AvgIpc) is 3.29. The quantitative estimate of drug-likeness (QED) is 0.125. The Morgan fingerprint density at radius 3 is 2.27 bits per heavy atom. The van der Waals surface area contributed by atoms with Crippen LogP contribution in [0.4, 0.5) is 0 Å². The molecule has 0 fully saturated rings. The Kier molecular flexibility index (Phi) is 13.2. The summed E-state index contributed by atoms with van der Waals surface area (Å²) in [6, 6.07) is 12.3. The van der Waals surface area contributed by atoms with Gasteiger partial charge in [-0.05, 0) is 62.4 Å². The van der Waals surface area contributed by atoms with Crippen LogP contribution in [-0.4, -0.2) is 84.0 Å². The normalized spacial score (nSPS) is 10.8. The van der Waals surface area contributed by atoms with E-state index in [1.165, 1.54) is 0 Å². The number of likely N-dealkylation sites (N-methyl/N-ethyl adjacent to an activating group) is 1. The minimum atomic E-state index is -0.569. The number of carbonyl (C=O) groups is 5. The molecule has 11 nitrogen and oxygen atoms in total. The van der Waals surface area contributed by atoms with E-state index in [0.29, 0.717) is 46.1 Å². The summed E-state index contributed by atoms with van der Waals surface area (Å²) in [5.41, 5.74) is 3.69. The van der Waals surface area contributed by atoms with Gasteiger partial charge in [-0.2, -0.15) is 12.6 Å². The summed E-state index contributed by atoms with van der Waals surface area (Å²) >= 11 is 9.90. The maximum atomic E-state index is 13.7. The molecule has 0 aliphatic carbocycles. The van der Waals surface area contributed by atoms with Gasteiger partial charge < -0.3 is 21.3 Å². The Morgan fingerprint density at radius 2 is 1.60 bits per heavy atom. The summed E-state index contributed by atoms with van der Waals surface area (Å²) in [4.78, 5) is 65.4. The number of aryl methyl sites for hydroxylation is 1. The topological polar surface area (TPSA) is 142 Å². The second-order valence-electron chi connectivity index (χ2n) is 10.4. The molecule has 0 saturated heterocycles. The van der Waals surface area contributed by atoms with E-state index < -0.39 is 24.3 Å². The minimum Gasteiger partial charge on any atom is -0.379 e. The Labute approximate surface area is 273 Å². The first-order valence-corrected chi connectivity index (χ1v) is 15.5. The van der Waals surface area contributed by atoms with E-state index in [-0.39, 0.29) is 43.6 Å². The fraction of sp³-hybridized carbons (Fsp3) is 0.344. The van der Waals surface area contributed by atoms with Crippen LogP contribution in [0.25, 0.3) is 10.9 Å². The van der Waals surface area contributed by atoms with E-state index in [2.05, 4.69) is 40.5 Å². The van der Waals surface area contributed by atoms with Crippen molar-refractivity contribution in [2.45, 2.75) is 27.2 Å². The summed E-state index contributed by atoms with van der Waals surface area (Å²) in [5.74, 6) is -2.02. The van der Waals surface area contributed by atoms with E-state index >= 15 is 0 Å². The number of thiol groups is 1. The first-order chi connectivity index (χ1) is 21.5. The highest BCUT2D eigenvalue weighted by atomic mass is 35.5. The third-order valence-electron chi connectivity index (χ3n) is 7.06. The van der Waals surface area contributed by atoms with Crippen molar-refractivity contribution < 1.29 is 24.0 Å². The van der Waals surface area contributed by atoms with Crippen LogP contribution >= 0.6 is 24.2 Å². The summed E-state index contributed by atoms with van der Waals surface area (Å²) in [5, 5.41) is 12.3. The first kappa shape index (κ1) is 35.4. The van der Waals surface area contributed by atoms with Gasteiger partial charge >= 0.3 is 0 Å². The van der Waals surface area contributed by atoms with E-state index in [4.69, 9.17) is 11.6 Å². The molecule has 4 N–H and O–H groups in total. The van der Waals surface area contributed by atoms with Crippen LogP contribution in [0.2, 0.25) is 5.02 Å². The predicted molar refractivity (Wildman–Crippen MR) is 179 cm³/mol. The number of rotatable bonds is 15. The Morgan fingerprint density at radius 1 is 0.911 bits per heavy atom. The molecular formula is C32H39ClN6O5S. The molecule has 3 rings (SSSR count). The summed E-state index contributed by atoms with van der Waals surface area (Å²) < 4.78 is 1.58. The maximum Gasteiger partial charge on any atom is 0.262 e. The molecule has 3 aromatic rings. The monoisotopic (exact) mass is 654 g/mol. The van der Waals surface area contributed by atoms with Crippen LogP contribution in [-0.2, 0) is 25.6 Å². The molecule has 0 atom stereocenters. The summed E-state index contributed by atoms with van der Waals surface area (Å²) in [7, 11) is 0. The lowest BCUT2D eigenvalue weighted by molar-refractivity contribution is -0.144. The first-order valence-electron chi connectivity index (χ1n) is 14.5. The molecule has 0 radical (unpaired) electrons. The molecule has 2 aromatic carbocycles. The molecule has 240 valence electrons. The number of hydrogen-bond acceptors (Lipinski definition) is 8. The lowest BCUT2D eigenvalue weighted by Crippen LogP contribution is -2.47. The summed E-state index contributed by atoms with van der Waals surface area (Å²) in [6.07, 6.45) is -0.127. The maximum absolute atomic E-state index is 13.7. The van der Waals surface area contributed by atoms with Crippen molar-refractivity contribution in [1.82, 2.24) is 30.7 Å². The average molecular weight is 655 g/mol. The number of hydrogen-bond donors (Lipinski definition) is 5. The highest BCUT2D eigenvalue weighted by molar-refractivity contribution is 7.81. The molecule has 13 heteroatoms. The van der Waals surface area contributed by atoms with Crippen molar-refractivity contribution in [3.05, 3.63) is 82.1 Å². The van der Waals surface area contributed by atoms with E-state index in [9.17, 15) is 24.0 Å². The number of nitrogens with one attached hydrogen (secondary N) is 4. The molecule has 0 bridgehead atoms. The number of nitrogens with zero attached hydrogens (tertiary/aromatic N) is 2. The highest BCUT2D eigenvalue weighted by Crippen LogP contribution is 2.29. The van der Waals surface area contributed by atoms with Crippen LogP contribution in [0.1, 0.15) is 34.1 Å². The number of benzene rings is 2. The zero-order chi connectivity index (χ0) is 33.1. The van der Waals surface area contributed by atoms with Gasteiger partial charge in [0.05, 0.1) is 37.3 Å². The third-order valence-corrected chi connectivity index (χ3v) is 7.59. The number of aromatic nitrogens is 1. The smallest absolute Gasteiger partial charge is 0.262 e. The minimum absolute atomic E-state index is 0.0294. The molecular weight excluding hydrogens is 616 g/mol. The Bertz CT molecular complexity index is 1590. The van der Waals surface area contributed by atoms with Crippen molar-refractivity contribution in [3.63, 3.8) is 0 Å². The van der Waals surface area contributed by atoms with Crippen LogP contribution in [0, 0.1) is 13.8 Å². The SMILES string of the molecule is C=C(CNC(=O)CS)NCC(=O)NCC(=O)N(CCNCC)C(=O)Cc1c(C)n(C(=O)c2ccc(Cl)cc2)c2ccc(C)cc12. The van der Waals surface area contributed by atoms with Gasteiger partial charge in [-0.25, -0.2) is 0 Å². The molecule has 45 heavy (non-hydrogen) atoms. The van der Waals surface area contributed by atoms with E-state index in [1.807, 2.05) is 32.0 Å². The van der Waals surface area contributed by atoms with Gasteiger partial charge in [0.25, 0.3) is 5.91 Å². The summed E-state index contributed by atoms with van der Waals surface area (Å²) in [6.45, 7) is 10.0. The van der Waals surface area contributed by atoms with Crippen molar-refractivity contribution in [2.24, 2.45) is 0 Å². The molecule has 4 amide bonds. The zero-order valence-corrected chi connectivity index (χ0v) is 27.3. The van der Waals surface area contributed by atoms with Gasteiger partial charge in [-0.3, -0.25) is 33.4 Å². The molecule has 0 aliphatic rings. The van der Waals surface area contributed by atoms with Gasteiger partial charge in [0.15, 0.2) is 0 Å².